The third-order valence-corrected chi connectivity index (χ3v) is 2.94. The molecule has 0 radical (unpaired) electrons. The van der Waals surface area contributed by atoms with Crippen molar-refractivity contribution < 1.29 is 9.90 Å². The highest BCUT2D eigenvalue weighted by molar-refractivity contribution is 9.10. The van der Waals surface area contributed by atoms with Crippen LogP contribution in [0.4, 0.5) is 0 Å². The molecule has 1 heterocycles. The van der Waals surface area contributed by atoms with Gasteiger partial charge in [-0.2, -0.15) is 0 Å². The van der Waals surface area contributed by atoms with E-state index in [1.807, 2.05) is 6.92 Å². The fourth-order valence-corrected chi connectivity index (χ4v) is 1.78. The second-order valence-electron chi connectivity index (χ2n) is 3.43. The van der Waals surface area contributed by atoms with Crippen molar-refractivity contribution in [1.29, 1.82) is 0 Å². The highest BCUT2D eigenvalue weighted by atomic mass is 79.9. The molecule has 5 heteroatoms. The van der Waals surface area contributed by atoms with E-state index in [0.717, 1.165) is 6.42 Å². The van der Waals surface area contributed by atoms with Gasteiger partial charge >= 0.3 is 0 Å². The molecule has 0 fully saturated rings. The number of rotatable bonds is 5. The summed E-state index contributed by atoms with van der Waals surface area (Å²) in [6.45, 7) is 2.05. The molecular formula is C11H15BrN2O2. The third kappa shape index (κ3) is 3.57. The van der Waals surface area contributed by atoms with Crippen molar-refractivity contribution in [3.63, 3.8) is 0 Å². The first-order valence-corrected chi connectivity index (χ1v) is 6.00. The number of halogens is 1. The highest BCUT2D eigenvalue weighted by Crippen LogP contribution is 2.12. The molecule has 0 spiro atoms. The molecule has 2 N–H and O–H groups in total. The Kier molecular flexibility index (Phi) is 5.42. The van der Waals surface area contributed by atoms with Gasteiger partial charge in [0.15, 0.2) is 0 Å². The standard InChI is InChI=1S/C11H15BrN2O2/c1-2-8(5-7-15)14-11(16)9-4-3-6-13-10(9)12/h3-4,6,8,15H,2,5,7H2,1H3,(H,14,16). The van der Waals surface area contributed by atoms with Gasteiger partial charge in [-0.05, 0) is 40.9 Å². The van der Waals surface area contributed by atoms with E-state index in [2.05, 4.69) is 26.2 Å². The number of aliphatic hydroxyl groups is 1. The van der Waals surface area contributed by atoms with Gasteiger partial charge in [-0.15, -0.1) is 0 Å². The Morgan fingerprint density at radius 1 is 1.69 bits per heavy atom. The van der Waals surface area contributed by atoms with Gasteiger partial charge in [0.25, 0.3) is 5.91 Å². The minimum absolute atomic E-state index is 0.00426. The molecule has 16 heavy (non-hydrogen) atoms. The molecule has 1 aromatic rings. The SMILES string of the molecule is CCC(CCO)NC(=O)c1cccnc1Br. The first-order chi connectivity index (χ1) is 7.69. The molecule has 0 saturated heterocycles. The summed E-state index contributed by atoms with van der Waals surface area (Å²) in [6, 6.07) is 3.43. The monoisotopic (exact) mass is 286 g/mol. The van der Waals surface area contributed by atoms with Crippen LogP contribution in [0.1, 0.15) is 30.1 Å². The number of aliphatic hydroxyl groups excluding tert-OH is 1. The van der Waals surface area contributed by atoms with Crippen LogP contribution in [0, 0.1) is 0 Å². The van der Waals surface area contributed by atoms with E-state index in [9.17, 15) is 4.79 Å². The van der Waals surface area contributed by atoms with Crippen molar-refractivity contribution >= 4 is 21.8 Å². The molecule has 0 aliphatic heterocycles. The molecule has 0 aliphatic rings. The summed E-state index contributed by atoms with van der Waals surface area (Å²) < 4.78 is 0.534. The zero-order valence-corrected chi connectivity index (χ0v) is 10.7. The predicted octanol–water partition coefficient (Wildman–Crippen LogP) is 1.73. The van der Waals surface area contributed by atoms with Crippen LogP contribution in [0.5, 0.6) is 0 Å². The van der Waals surface area contributed by atoms with Crippen molar-refractivity contribution in [2.24, 2.45) is 0 Å². The Hall–Kier alpha value is -0.940. The first kappa shape index (κ1) is 13.1. The molecule has 0 saturated carbocycles. The van der Waals surface area contributed by atoms with Crippen molar-refractivity contribution in [3.05, 3.63) is 28.5 Å². The van der Waals surface area contributed by atoms with Gasteiger partial charge in [-0.25, -0.2) is 4.98 Å². The van der Waals surface area contributed by atoms with E-state index in [0.29, 0.717) is 16.6 Å². The van der Waals surface area contributed by atoms with Crippen LogP contribution in [0.15, 0.2) is 22.9 Å². The first-order valence-electron chi connectivity index (χ1n) is 5.21. The maximum absolute atomic E-state index is 11.8. The Balaban J connectivity index is 2.68. The van der Waals surface area contributed by atoms with Gasteiger partial charge < -0.3 is 10.4 Å². The van der Waals surface area contributed by atoms with Crippen LogP contribution in [0.25, 0.3) is 0 Å². The fourth-order valence-electron chi connectivity index (χ4n) is 1.35. The molecule has 0 aromatic carbocycles. The van der Waals surface area contributed by atoms with E-state index < -0.39 is 0 Å². The molecule has 1 aromatic heterocycles. The quantitative estimate of drug-likeness (QED) is 0.811. The molecule has 1 unspecified atom stereocenters. The second kappa shape index (κ2) is 6.60. The zero-order chi connectivity index (χ0) is 12.0. The van der Waals surface area contributed by atoms with Gasteiger partial charge in [0.1, 0.15) is 4.60 Å². The van der Waals surface area contributed by atoms with E-state index in [4.69, 9.17) is 5.11 Å². The van der Waals surface area contributed by atoms with Gasteiger partial charge in [0, 0.05) is 18.8 Å². The van der Waals surface area contributed by atoms with E-state index >= 15 is 0 Å². The smallest absolute Gasteiger partial charge is 0.254 e. The van der Waals surface area contributed by atoms with Gasteiger partial charge in [-0.3, -0.25) is 4.79 Å². The number of aromatic nitrogens is 1. The predicted molar refractivity (Wildman–Crippen MR) is 65.2 cm³/mol. The summed E-state index contributed by atoms with van der Waals surface area (Å²) in [5, 5.41) is 11.7. The summed E-state index contributed by atoms with van der Waals surface area (Å²) in [6.07, 6.45) is 2.98. The minimum atomic E-state index is -0.166. The number of amides is 1. The van der Waals surface area contributed by atoms with Crippen LogP contribution in [-0.2, 0) is 0 Å². The summed E-state index contributed by atoms with van der Waals surface area (Å²) in [5.41, 5.74) is 0.513. The van der Waals surface area contributed by atoms with Gasteiger partial charge in [0.2, 0.25) is 0 Å². The average Bonchev–Trinajstić information content (AvgIpc) is 2.28. The lowest BCUT2D eigenvalue weighted by Gasteiger charge is -2.15. The van der Waals surface area contributed by atoms with Crippen molar-refractivity contribution in [1.82, 2.24) is 10.3 Å². The maximum Gasteiger partial charge on any atom is 0.254 e. The number of nitrogens with zero attached hydrogens (tertiary/aromatic N) is 1. The number of hydrogen-bond acceptors (Lipinski definition) is 3. The van der Waals surface area contributed by atoms with Gasteiger partial charge in [0.05, 0.1) is 5.56 Å². The molecule has 1 amide bonds. The zero-order valence-electron chi connectivity index (χ0n) is 9.11. The lowest BCUT2D eigenvalue weighted by atomic mass is 10.1. The van der Waals surface area contributed by atoms with Crippen molar-refractivity contribution in [2.45, 2.75) is 25.8 Å². The van der Waals surface area contributed by atoms with Crippen LogP contribution in [0.2, 0.25) is 0 Å². The van der Waals surface area contributed by atoms with Gasteiger partial charge in [-0.1, -0.05) is 6.92 Å². The second-order valence-corrected chi connectivity index (χ2v) is 4.18. The average molecular weight is 287 g/mol. The molecular weight excluding hydrogens is 272 g/mol. The summed E-state index contributed by atoms with van der Waals surface area (Å²) in [7, 11) is 0. The Morgan fingerprint density at radius 2 is 2.44 bits per heavy atom. The molecule has 88 valence electrons. The normalized spacial score (nSPS) is 12.2. The Morgan fingerprint density at radius 3 is 3.00 bits per heavy atom. The summed E-state index contributed by atoms with van der Waals surface area (Å²) in [4.78, 5) is 15.8. The topological polar surface area (TPSA) is 62.2 Å². The molecule has 4 nitrogen and oxygen atoms in total. The number of carbonyl (C=O) groups is 1. The summed E-state index contributed by atoms with van der Waals surface area (Å²) in [5.74, 6) is -0.166. The minimum Gasteiger partial charge on any atom is -0.396 e. The Bertz CT molecular complexity index is 358. The van der Waals surface area contributed by atoms with Crippen LogP contribution in [0.3, 0.4) is 0 Å². The van der Waals surface area contributed by atoms with Crippen LogP contribution >= 0.6 is 15.9 Å². The number of pyridine rings is 1. The maximum atomic E-state index is 11.8. The largest absolute Gasteiger partial charge is 0.396 e. The fraction of sp³-hybridized carbons (Fsp3) is 0.455. The lowest BCUT2D eigenvalue weighted by molar-refractivity contribution is 0.0928. The van der Waals surface area contributed by atoms with Crippen LogP contribution in [-0.4, -0.2) is 28.6 Å². The highest BCUT2D eigenvalue weighted by Gasteiger charge is 2.14. The third-order valence-electron chi connectivity index (χ3n) is 2.31. The lowest BCUT2D eigenvalue weighted by Crippen LogP contribution is -2.35. The van der Waals surface area contributed by atoms with Crippen molar-refractivity contribution in [3.8, 4) is 0 Å². The number of hydrogen-bond donors (Lipinski definition) is 2. The Labute approximate surface area is 103 Å². The van der Waals surface area contributed by atoms with E-state index in [1.54, 1.807) is 18.3 Å². The molecule has 1 atom stereocenters. The number of nitrogens with one attached hydrogen (secondary N) is 1. The van der Waals surface area contributed by atoms with E-state index in [1.165, 1.54) is 0 Å². The molecule has 0 bridgehead atoms. The molecule has 1 rings (SSSR count). The number of carbonyl (C=O) groups excluding carboxylic acids is 1. The van der Waals surface area contributed by atoms with Crippen LogP contribution < -0.4 is 5.32 Å². The summed E-state index contributed by atoms with van der Waals surface area (Å²) >= 11 is 3.23. The van der Waals surface area contributed by atoms with E-state index in [-0.39, 0.29) is 18.6 Å². The van der Waals surface area contributed by atoms with Crippen molar-refractivity contribution in [2.75, 3.05) is 6.61 Å². The molecule has 0 aliphatic carbocycles.